The normalized spacial score (nSPS) is 12.9. The molecule has 1 atom stereocenters. The van der Waals surface area contributed by atoms with E-state index < -0.39 is 0 Å². The van der Waals surface area contributed by atoms with Gasteiger partial charge in [0.05, 0.1) is 30.1 Å². The summed E-state index contributed by atoms with van der Waals surface area (Å²) in [6.45, 7) is 3.61. The maximum absolute atomic E-state index is 6.15. The molecular weight excluding hydrogens is 238 g/mol. The summed E-state index contributed by atoms with van der Waals surface area (Å²) < 4.78 is 7.00. The van der Waals surface area contributed by atoms with Gasteiger partial charge in [0.1, 0.15) is 0 Å². The van der Waals surface area contributed by atoms with E-state index in [1.54, 1.807) is 13.3 Å². The minimum atomic E-state index is 0.539. The van der Waals surface area contributed by atoms with E-state index in [0.29, 0.717) is 12.6 Å². The molecule has 0 aliphatic heterocycles. The first kappa shape index (κ1) is 14.5. The van der Waals surface area contributed by atoms with Crippen molar-refractivity contribution in [2.45, 2.75) is 38.8 Å². The van der Waals surface area contributed by atoms with Crippen LogP contribution in [0.3, 0.4) is 0 Å². The van der Waals surface area contributed by atoms with Gasteiger partial charge in [0.25, 0.3) is 0 Å². The summed E-state index contributed by atoms with van der Waals surface area (Å²) in [5.41, 5.74) is 1.11. The van der Waals surface area contributed by atoms with Gasteiger partial charge in [-0.15, -0.1) is 0 Å². The second-order valence-electron chi connectivity index (χ2n) is 4.09. The summed E-state index contributed by atoms with van der Waals surface area (Å²) in [4.78, 5) is 0. The van der Waals surface area contributed by atoms with Crippen LogP contribution in [0.1, 0.15) is 25.5 Å². The van der Waals surface area contributed by atoms with Crippen LogP contribution in [0.2, 0.25) is 5.02 Å². The molecule has 1 unspecified atom stereocenters. The lowest BCUT2D eigenvalue weighted by atomic mass is 10.1. The predicted molar refractivity (Wildman–Crippen MR) is 70.6 cm³/mol. The summed E-state index contributed by atoms with van der Waals surface area (Å²) in [6.07, 6.45) is 4.86. The van der Waals surface area contributed by atoms with Crippen molar-refractivity contribution in [3.8, 4) is 0 Å². The second-order valence-corrected chi connectivity index (χ2v) is 4.49. The zero-order valence-corrected chi connectivity index (χ0v) is 11.6. The number of nitrogens with one attached hydrogen (secondary N) is 1. The molecule has 98 valence electrons. The van der Waals surface area contributed by atoms with Crippen molar-refractivity contribution in [1.29, 1.82) is 0 Å². The highest BCUT2D eigenvalue weighted by Crippen LogP contribution is 2.18. The van der Waals surface area contributed by atoms with E-state index >= 15 is 0 Å². The van der Waals surface area contributed by atoms with Crippen molar-refractivity contribution >= 4 is 11.6 Å². The van der Waals surface area contributed by atoms with Gasteiger partial charge in [-0.05, 0) is 26.3 Å². The Morgan fingerprint density at radius 2 is 2.35 bits per heavy atom. The Morgan fingerprint density at radius 1 is 1.59 bits per heavy atom. The first-order valence-electron chi connectivity index (χ1n) is 6.09. The number of hydrogen-bond acceptors (Lipinski definition) is 3. The maximum atomic E-state index is 6.15. The SMILES string of the molecule is CCC(CCc1c(Cl)cnn1CCOC)NC. The van der Waals surface area contributed by atoms with E-state index in [1.165, 1.54) is 0 Å². The van der Waals surface area contributed by atoms with Crippen molar-refractivity contribution in [1.82, 2.24) is 15.1 Å². The van der Waals surface area contributed by atoms with Crippen LogP contribution in [-0.4, -0.2) is 36.6 Å². The molecule has 1 heterocycles. The van der Waals surface area contributed by atoms with Gasteiger partial charge in [-0.2, -0.15) is 5.10 Å². The molecule has 1 N–H and O–H groups in total. The van der Waals surface area contributed by atoms with Crippen molar-refractivity contribution < 1.29 is 4.74 Å². The highest BCUT2D eigenvalue weighted by molar-refractivity contribution is 6.31. The first-order valence-corrected chi connectivity index (χ1v) is 6.47. The molecule has 0 fully saturated rings. The number of ether oxygens (including phenoxy) is 1. The van der Waals surface area contributed by atoms with Crippen LogP contribution in [0.4, 0.5) is 0 Å². The van der Waals surface area contributed by atoms with E-state index in [2.05, 4.69) is 17.3 Å². The minimum Gasteiger partial charge on any atom is -0.383 e. The molecule has 5 heteroatoms. The molecule has 0 amide bonds. The number of nitrogens with zero attached hydrogens (tertiary/aromatic N) is 2. The molecule has 0 aliphatic rings. The third kappa shape index (κ3) is 4.30. The lowest BCUT2D eigenvalue weighted by Crippen LogP contribution is -2.25. The van der Waals surface area contributed by atoms with Gasteiger partial charge in [-0.25, -0.2) is 0 Å². The van der Waals surface area contributed by atoms with Gasteiger partial charge in [0.2, 0.25) is 0 Å². The topological polar surface area (TPSA) is 39.1 Å². The largest absolute Gasteiger partial charge is 0.383 e. The van der Waals surface area contributed by atoms with Crippen LogP contribution in [0.15, 0.2) is 6.20 Å². The van der Waals surface area contributed by atoms with Crippen LogP contribution < -0.4 is 5.32 Å². The van der Waals surface area contributed by atoms with Crippen LogP contribution in [0, 0.1) is 0 Å². The van der Waals surface area contributed by atoms with E-state index in [4.69, 9.17) is 16.3 Å². The van der Waals surface area contributed by atoms with Crippen LogP contribution in [0.25, 0.3) is 0 Å². The molecule has 0 aliphatic carbocycles. The van der Waals surface area contributed by atoms with Gasteiger partial charge < -0.3 is 10.1 Å². The third-order valence-corrected chi connectivity index (χ3v) is 3.35. The van der Waals surface area contributed by atoms with Crippen LogP contribution in [-0.2, 0) is 17.7 Å². The van der Waals surface area contributed by atoms with Crippen LogP contribution >= 0.6 is 11.6 Å². The summed E-state index contributed by atoms with van der Waals surface area (Å²) in [5, 5.41) is 8.32. The van der Waals surface area contributed by atoms with E-state index in [-0.39, 0.29) is 0 Å². The fourth-order valence-electron chi connectivity index (χ4n) is 1.87. The number of methoxy groups -OCH3 is 1. The zero-order chi connectivity index (χ0) is 12.7. The average molecular weight is 260 g/mol. The molecule has 0 saturated heterocycles. The molecule has 0 radical (unpaired) electrons. The number of rotatable bonds is 8. The summed E-state index contributed by atoms with van der Waals surface area (Å²) in [6, 6.07) is 0.539. The van der Waals surface area contributed by atoms with Crippen molar-refractivity contribution in [2.24, 2.45) is 0 Å². The third-order valence-electron chi connectivity index (χ3n) is 3.04. The zero-order valence-electron chi connectivity index (χ0n) is 10.9. The van der Waals surface area contributed by atoms with Gasteiger partial charge in [-0.1, -0.05) is 18.5 Å². The molecule has 0 aromatic carbocycles. The number of halogens is 1. The van der Waals surface area contributed by atoms with Crippen molar-refractivity contribution in [3.63, 3.8) is 0 Å². The van der Waals surface area contributed by atoms with E-state index in [1.807, 2.05) is 11.7 Å². The average Bonchev–Trinajstić information content (AvgIpc) is 2.69. The molecule has 1 rings (SSSR count). The minimum absolute atomic E-state index is 0.539. The van der Waals surface area contributed by atoms with Crippen molar-refractivity contribution in [2.75, 3.05) is 20.8 Å². The Bertz CT molecular complexity index is 324. The van der Waals surface area contributed by atoms with Crippen molar-refractivity contribution in [3.05, 3.63) is 16.9 Å². The first-order chi connectivity index (χ1) is 8.22. The number of hydrogen-bond donors (Lipinski definition) is 1. The highest BCUT2D eigenvalue weighted by atomic mass is 35.5. The molecule has 0 spiro atoms. The molecule has 4 nitrogen and oxygen atoms in total. The fourth-order valence-corrected chi connectivity index (χ4v) is 2.11. The van der Waals surface area contributed by atoms with Gasteiger partial charge in [-0.3, -0.25) is 4.68 Å². The number of aromatic nitrogens is 2. The van der Waals surface area contributed by atoms with Gasteiger partial charge >= 0.3 is 0 Å². The summed E-state index contributed by atoms with van der Waals surface area (Å²) in [5.74, 6) is 0. The summed E-state index contributed by atoms with van der Waals surface area (Å²) in [7, 11) is 3.69. The Balaban J connectivity index is 2.58. The maximum Gasteiger partial charge on any atom is 0.0817 e. The summed E-state index contributed by atoms with van der Waals surface area (Å²) >= 11 is 6.15. The van der Waals surface area contributed by atoms with Gasteiger partial charge in [0, 0.05) is 13.2 Å². The molecule has 17 heavy (non-hydrogen) atoms. The molecule has 1 aromatic heterocycles. The van der Waals surface area contributed by atoms with Gasteiger partial charge in [0.15, 0.2) is 0 Å². The second kappa shape index (κ2) is 7.69. The smallest absolute Gasteiger partial charge is 0.0817 e. The molecule has 0 saturated carbocycles. The standard InChI is InChI=1S/C12H22ClN3O/c1-4-10(14-2)5-6-12-11(13)9-15-16(12)7-8-17-3/h9-10,14H,4-8H2,1-3H3. The lowest BCUT2D eigenvalue weighted by molar-refractivity contribution is 0.182. The molecule has 0 bridgehead atoms. The fraction of sp³-hybridized carbons (Fsp3) is 0.750. The van der Waals surface area contributed by atoms with Crippen LogP contribution in [0.5, 0.6) is 0 Å². The Morgan fingerprint density at radius 3 is 2.94 bits per heavy atom. The highest BCUT2D eigenvalue weighted by Gasteiger charge is 2.11. The predicted octanol–water partition coefficient (Wildman–Crippen LogP) is 2.11. The molecule has 1 aromatic rings. The molecular formula is C12H22ClN3O. The Labute approximate surface area is 108 Å². The Hall–Kier alpha value is -0.580. The van der Waals surface area contributed by atoms with E-state index in [0.717, 1.165) is 36.5 Å². The lowest BCUT2D eigenvalue weighted by Gasteiger charge is -2.14. The monoisotopic (exact) mass is 259 g/mol. The quantitative estimate of drug-likeness (QED) is 0.777. The van der Waals surface area contributed by atoms with E-state index in [9.17, 15) is 0 Å². The Kier molecular flexibility index (Phi) is 6.55.